The molecule has 0 aromatic heterocycles. The number of nitrogens with zero attached hydrogens (tertiary/aromatic N) is 1. The number of hydrogen-bond donors (Lipinski definition) is 1. The number of nitrogens with one attached hydrogen (secondary N) is 1. The molecule has 0 saturated carbocycles. The molecule has 2 aromatic carbocycles. The van der Waals surface area contributed by atoms with Gasteiger partial charge in [0.05, 0.1) is 12.9 Å². The number of likely N-dealkylation sites (N-methyl/N-ethyl adjacent to an activating group) is 1. The van der Waals surface area contributed by atoms with Crippen molar-refractivity contribution in [2.75, 3.05) is 19.9 Å². The molecule has 0 aliphatic carbocycles. The van der Waals surface area contributed by atoms with Crippen molar-refractivity contribution in [3.63, 3.8) is 0 Å². The van der Waals surface area contributed by atoms with Crippen LogP contribution in [0.25, 0.3) is 0 Å². The van der Waals surface area contributed by atoms with E-state index in [0.717, 1.165) is 10.5 Å². The number of rotatable bonds is 9. The van der Waals surface area contributed by atoms with Crippen LogP contribution in [0.15, 0.2) is 53.4 Å². The first-order valence-corrected chi connectivity index (χ1v) is 10.4. The molecule has 0 aliphatic rings. The maximum atomic E-state index is 13.0. The van der Waals surface area contributed by atoms with Crippen LogP contribution in [0.3, 0.4) is 0 Å². The van der Waals surface area contributed by atoms with Crippen LogP contribution < -0.4 is 10.1 Å². The van der Waals surface area contributed by atoms with Gasteiger partial charge in [0.15, 0.2) is 0 Å². The number of methoxy groups -OCH3 is 1. The Morgan fingerprint density at radius 1 is 1.21 bits per heavy atom. The first kappa shape index (κ1) is 22.1. The van der Waals surface area contributed by atoms with Gasteiger partial charge < -0.3 is 15.0 Å². The topological polar surface area (TPSA) is 58.6 Å². The molecular formula is C21H25ClN2O3S. The van der Waals surface area contributed by atoms with Gasteiger partial charge in [0.2, 0.25) is 11.8 Å². The Bertz CT molecular complexity index is 798. The minimum absolute atomic E-state index is 0.0989. The molecule has 0 saturated heterocycles. The zero-order valence-electron chi connectivity index (χ0n) is 16.3. The molecule has 0 heterocycles. The first-order valence-electron chi connectivity index (χ1n) is 9.00. The van der Waals surface area contributed by atoms with Crippen LogP contribution in [0.2, 0.25) is 5.02 Å². The fourth-order valence-electron chi connectivity index (χ4n) is 2.81. The van der Waals surface area contributed by atoms with E-state index >= 15 is 0 Å². The Morgan fingerprint density at radius 2 is 1.93 bits per heavy atom. The van der Waals surface area contributed by atoms with Crippen LogP contribution in [0.1, 0.15) is 18.9 Å². The monoisotopic (exact) mass is 420 g/mol. The predicted octanol–water partition coefficient (Wildman–Crippen LogP) is 3.99. The van der Waals surface area contributed by atoms with Crippen LogP contribution >= 0.6 is 23.4 Å². The highest BCUT2D eigenvalue weighted by Gasteiger charge is 2.28. The normalized spacial score (nSPS) is 11.6. The van der Waals surface area contributed by atoms with Crippen molar-refractivity contribution in [2.45, 2.75) is 30.8 Å². The van der Waals surface area contributed by atoms with Gasteiger partial charge in [-0.3, -0.25) is 9.59 Å². The highest BCUT2D eigenvalue weighted by atomic mass is 35.5. The quantitative estimate of drug-likeness (QED) is 0.623. The zero-order chi connectivity index (χ0) is 20.5. The molecule has 1 atom stereocenters. The van der Waals surface area contributed by atoms with Gasteiger partial charge in [-0.05, 0) is 48.4 Å². The highest BCUT2D eigenvalue weighted by molar-refractivity contribution is 8.00. The van der Waals surface area contributed by atoms with Crippen molar-refractivity contribution >= 4 is 35.2 Å². The summed E-state index contributed by atoms with van der Waals surface area (Å²) in [5.74, 6) is 0.681. The third kappa shape index (κ3) is 6.17. The van der Waals surface area contributed by atoms with Crippen LogP contribution in [-0.4, -0.2) is 42.7 Å². The molecule has 0 bridgehead atoms. The van der Waals surface area contributed by atoms with Crippen LogP contribution in [-0.2, 0) is 16.1 Å². The molecular weight excluding hydrogens is 396 g/mol. The van der Waals surface area contributed by atoms with Crippen molar-refractivity contribution in [2.24, 2.45) is 0 Å². The summed E-state index contributed by atoms with van der Waals surface area (Å²) in [5.41, 5.74) is 0.909. The van der Waals surface area contributed by atoms with Crippen LogP contribution in [0.4, 0.5) is 0 Å². The van der Waals surface area contributed by atoms with Crippen molar-refractivity contribution in [1.82, 2.24) is 10.2 Å². The summed E-state index contributed by atoms with van der Waals surface area (Å²) in [5, 5.41) is 3.31. The minimum Gasteiger partial charge on any atom is -0.497 e. The van der Waals surface area contributed by atoms with Gasteiger partial charge in [-0.15, -0.1) is 11.8 Å². The van der Waals surface area contributed by atoms with E-state index in [2.05, 4.69) is 5.32 Å². The van der Waals surface area contributed by atoms with E-state index in [-0.39, 0.29) is 17.6 Å². The van der Waals surface area contributed by atoms with Crippen molar-refractivity contribution < 1.29 is 14.3 Å². The molecule has 1 N–H and O–H groups in total. The lowest BCUT2D eigenvalue weighted by atomic mass is 10.1. The van der Waals surface area contributed by atoms with Gasteiger partial charge in [0, 0.05) is 23.5 Å². The molecule has 0 fully saturated rings. The Balaban J connectivity index is 2.19. The zero-order valence-corrected chi connectivity index (χ0v) is 17.8. The molecule has 0 radical (unpaired) electrons. The molecule has 5 nitrogen and oxygen atoms in total. The number of hydrogen-bond acceptors (Lipinski definition) is 4. The van der Waals surface area contributed by atoms with E-state index in [1.54, 1.807) is 31.2 Å². The summed E-state index contributed by atoms with van der Waals surface area (Å²) in [4.78, 5) is 28.0. The molecule has 2 rings (SSSR count). The Labute approximate surface area is 175 Å². The second-order valence-electron chi connectivity index (χ2n) is 6.15. The van der Waals surface area contributed by atoms with Gasteiger partial charge in [0.1, 0.15) is 11.8 Å². The maximum absolute atomic E-state index is 13.0. The smallest absolute Gasteiger partial charge is 0.242 e. The highest BCUT2D eigenvalue weighted by Crippen LogP contribution is 2.23. The van der Waals surface area contributed by atoms with E-state index in [1.165, 1.54) is 11.8 Å². The first-order chi connectivity index (χ1) is 13.5. The van der Waals surface area contributed by atoms with Gasteiger partial charge in [-0.1, -0.05) is 30.7 Å². The van der Waals surface area contributed by atoms with Gasteiger partial charge in [-0.2, -0.15) is 0 Å². The second kappa shape index (κ2) is 11.0. The molecule has 0 unspecified atom stereocenters. The molecule has 150 valence electrons. The van der Waals surface area contributed by atoms with Crippen molar-refractivity contribution in [1.29, 1.82) is 0 Å². The average Bonchev–Trinajstić information content (AvgIpc) is 2.72. The lowest BCUT2D eigenvalue weighted by Gasteiger charge is -2.30. The predicted molar refractivity (Wildman–Crippen MR) is 114 cm³/mol. The molecule has 2 aromatic rings. The van der Waals surface area contributed by atoms with Crippen LogP contribution in [0.5, 0.6) is 5.75 Å². The molecule has 0 aliphatic heterocycles. The summed E-state index contributed by atoms with van der Waals surface area (Å²) < 4.78 is 5.27. The van der Waals surface area contributed by atoms with E-state index in [4.69, 9.17) is 16.3 Å². The largest absolute Gasteiger partial charge is 0.497 e. The van der Waals surface area contributed by atoms with E-state index in [9.17, 15) is 9.59 Å². The summed E-state index contributed by atoms with van der Waals surface area (Å²) in [6.45, 7) is 2.24. The summed E-state index contributed by atoms with van der Waals surface area (Å²) >= 11 is 7.34. The summed E-state index contributed by atoms with van der Waals surface area (Å²) in [6.07, 6.45) is 0.529. The number of thioether (sulfide) groups is 1. The molecule has 7 heteroatoms. The fourth-order valence-corrected chi connectivity index (χ4v) is 3.72. The third-order valence-corrected chi connectivity index (χ3v) is 5.54. The molecule has 28 heavy (non-hydrogen) atoms. The number of halogens is 1. The SMILES string of the molecule is CC[C@H](C(=O)NC)N(Cc1cccc(OC)c1)C(=O)CSc1ccc(Cl)cc1. The number of amides is 2. The van der Waals surface area contributed by atoms with E-state index < -0.39 is 6.04 Å². The fraction of sp³-hybridized carbons (Fsp3) is 0.333. The number of carbonyl (C=O) groups excluding carboxylic acids is 2. The van der Waals surface area contributed by atoms with E-state index in [1.807, 2.05) is 43.3 Å². The number of ether oxygens (including phenoxy) is 1. The second-order valence-corrected chi connectivity index (χ2v) is 7.64. The number of benzene rings is 2. The Kier molecular flexibility index (Phi) is 8.67. The standard InChI is InChI=1S/C21H25ClN2O3S/c1-4-19(21(26)23-2)24(13-15-6-5-7-17(12-15)27-3)20(25)14-28-18-10-8-16(22)9-11-18/h5-12,19H,4,13-14H2,1-3H3,(H,23,26)/t19-/m1/s1. The summed E-state index contributed by atoms with van der Waals surface area (Å²) in [6, 6.07) is 14.3. The van der Waals surface area contributed by atoms with Gasteiger partial charge >= 0.3 is 0 Å². The third-order valence-electron chi connectivity index (χ3n) is 4.30. The van der Waals surface area contributed by atoms with Crippen molar-refractivity contribution in [3.8, 4) is 5.75 Å². The van der Waals surface area contributed by atoms with Gasteiger partial charge in [-0.25, -0.2) is 0 Å². The van der Waals surface area contributed by atoms with Gasteiger partial charge in [0.25, 0.3) is 0 Å². The van der Waals surface area contributed by atoms with Crippen molar-refractivity contribution in [3.05, 3.63) is 59.1 Å². The summed E-state index contributed by atoms with van der Waals surface area (Å²) in [7, 11) is 3.19. The van der Waals surface area contributed by atoms with Crippen LogP contribution in [0, 0.1) is 0 Å². The average molecular weight is 421 g/mol. The lowest BCUT2D eigenvalue weighted by Crippen LogP contribution is -2.48. The van der Waals surface area contributed by atoms with E-state index in [0.29, 0.717) is 23.7 Å². The molecule has 0 spiro atoms. The Morgan fingerprint density at radius 3 is 2.54 bits per heavy atom. The number of carbonyl (C=O) groups is 2. The maximum Gasteiger partial charge on any atom is 0.242 e. The molecule has 2 amide bonds. The lowest BCUT2D eigenvalue weighted by molar-refractivity contribution is -0.139. The Hall–Kier alpha value is -2.18. The minimum atomic E-state index is -0.533.